The number of hydrogen-bond donors (Lipinski definition) is 0. The third-order valence-corrected chi connectivity index (χ3v) is 7.21. The lowest BCUT2D eigenvalue weighted by molar-refractivity contribution is -0.538. The maximum Gasteiger partial charge on any atom is 0.383 e. The second kappa shape index (κ2) is 14.3. The van der Waals surface area contributed by atoms with Crippen LogP contribution in [-0.4, -0.2) is 38.3 Å². The molecule has 0 aliphatic rings. The van der Waals surface area contributed by atoms with Gasteiger partial charge in [-0.2, -0.15) is 10.2 Å². The summed E-state index contributed by atoms with van der Waals surface area (Å²) in [5.74, 6) is 5.38. The molecule has 0 amide bonds. The molecule has 11 heteroatoms. The Morgan fingerprint density at radius 3 is 1.71 bits per heavy atom. The Bertz CT molecular complexity index is 1950. The maximum absolute atomic E-state index is 8.09. The average Bonchev–Trinajstić information content (AvgIpc) is 3.09. The number of nitrogens with zero attached hydrogens (tertiary/aromatic N) is 10. The van der Waals surface area contributed by atoms with Gasteiger partial charge in [-0.1, -0.05) is 18.2 Å². The predicted molar refractivity (Wildman–Crippen MR) is 177 cm³/mol. The number of azo groups is 1. The molecule has 0 atom stereocenters. The summed E-state index contributed by atoms with van der Waals surface area (Å²) in [4.78, 5) is 9.40. The lowest BCUT2D eigenvalue weighted by Gasteiger charge is -2.20. The average molecular weight is 591 g/mol. The Kier molecular flexibility index (Phi) is 10.0. The molecule has 0 radical (unpaired) electrons. The molecule has 0 spiro atoms. The smallest absolute Gasteiger partial charge is 0.378 e. The molecule has 0 saturated heterocycles. The van der Waals surface area contributed by atoms with E-state index >= 15 is 0 Å². The van der Waals surface area contributed by atoms with Crippen molar-refractivity contribution in [2.24, 2.45) is 10.2 Å². The molecule has 0 unspecified atom stereocenters. The van der Waals surface area contributed by atoms with Gasteiger partial charge in [-0.05, 0) is 62.4 Å². The number of fused-ring (bicyclic) bond motifs is 2. The first-order valence-electron chi connectivity index (χ1n) is 14.4. The first kappa shape index (κ1) is 31.6. The SMILES string of the molecule is CCN(CC)c1ccc2nc3ccc(N=Nc4ccc(N(C)C)cc4)cc3[n+](-c3ccccc3)c2c1.N#C[B-](C#N)(C#N)C#N. The van der Waals surface area contributed by atoms with Gasteiger partial charge in [0.1, 0.15) is 11.0 Å². The van der Waals surface area contributed by atoms with E-state index in [1.165, 1.54) is 29.6 Å². The molecular formula is C34H31BN10. The van der Waals surface area contributed by atoms with Crippen LogP contribution < -0.4 is 14.4 Å². The summed E-state index contributed by atoms with van der Waals surface area (Å²) >= 11 is 0. The molecule has 1 heterocycles. The summed E-state index contributed by atoms with van der Waals surface area (Å²) < 4.78 is 2.27. The predicted octanol–water partition coefficient (Wildman–Crippen LogP) is 6.68. The second-order valence-electron chi connectivity index (χ2n) is 10.3. The van der Waals surface area contributed by atoms with Crippen LogP contribution in [-0.2, 0) is 0 Å². The van der Waals surface area contributed by atoms with Crippen LogP contribution in [0.2, 0.25) is 0 Å². The molecule has 0 saturated carbocycles. The van der Waals surface area contributed by atoms with E-state index in [9.17, 15) is 0 Å². The van der Waals surface area contributed by atoms with Crippen LogP contribution >= 0.6 is 0 Å². The fourth-order valence-corrected chi connectivity index (χ4v) is 4.64. The van der Waals surface area contributed by atoms with Gasteiger partial charge in [-0.25, -0.2) is 26.0 Å². The van der Waals surface area contributed by atoms with E-state index < -0.39 is 6.15 Å². The molecule has 0 N–H and O–H groups in total. The van der Waals surface area contributed by atoms with Crippen molar-refractivity contribution in [1.29, 1.82) is 21.0 Å². The number of anilines is 2. The number of para-hydroxylation sites is 1. The minimum Gasteiger partial charge on any atom is -0.378 e. The normalized spacial score (nSPS) is 10.7. The molecule has 5 aromatic rings. The lowest BCUT2D eigenvalue weighted by atomic mass is 9.30. The molecule has 220 valence electrons. The van der Waals surface area contributed by atoms with Gasteiger partial charge in [-0.3, -0.25) is 0 Å². The third-order valence-electron chi connectivity index (χ3n) is 7.21. The lowest BCUT2D eigenvalue weighted by Crippen LogP contribution is -2.33. The Balaban J connectivity index is 0.000000448. The van der Waals surface area contributed by atoms with Crippen molar-refractivity contribution in [2.75, 3.05) is 37.0 Å². The summed E-state index contributed by atoms with van der Waals surface area (Å²) in [6.07, 6.45) is -2.72. The molecule has 0 aliphatic heterocycles. The number of benzene rings is 4. The van der Waals surface area contributed by atoms with Gasteiger partial charge >= 0.3 is 6.15 Å². The van der Waals surface area contributed by atoms with Crippen LogP contribution in [0.4, 0.5) is 22.7 Å². The molecule has 0 aliphatic carbocycles. The highest BCUT2D eigenvalue weighted by Crippen LogP contribution is 2.27. The first-order valence-corrected chi connectivity index (χ1v) is 14.4. The largest absolute Gasteiger partial charge is 0.383 e. The monoisotopic (exact) mass is 590 g/mol. The van der Waals surface area contributed by atoms with Crippen LogP contribution in [0.1, 0.15) is 13.8 Å². The summed E-state index contributed by atoms with van der Waals surface area (Å²) in [5.41, 5.74) is 8.92. The third kappa shape index (κ3) is 7.03. The highest BCUT2D eigenvalue weighted by Gasteiger charge is 2.23. The van der Waals surface area contributed by atoms with Gasteiger partial charge in [-0.15, -0.1) is 28.4 Å². The van der Waals surface area contributed by atoms with Crippen LogP contribution in [0.15, 0.2) is 101 Å². The molecule has 45 heavy (non-hydrogen) atoms. The van der Waals surface area contributed by atoms with Crippen LogP contribution in [0.25, 0.3) is 27.8 Å². The zero-order valence-corrected chi connectivity index (χ0v) is 25.6. The Morgan fingerprint density at radius 2 is 1.18 bits per heavy atom. The van der Waals surface area contributed by atoms with Gasteiger partial charge in [0, 0.05) is 62.8 Å². The maximum atomic E-state index is 8.09. The van der Waals surface area contributed by atoms with Gasteiger partial charge in [0.05, 0.1) is 11.4 Å². The van der Waals surface area contributed by atoms with Crippen LogP contribution in [0, 0.1) is 44.9 Å². The van der Waals surface area contributed by atoms with E-state index in [2.05, 4.69) is 87.0 Å². The van der Waals surface area contributed by atoms with Crippen LogP contribution in [0.3, 0.4) is 0 Å². The van der Waals surface area contributed by atoms with Crippen molar-refractivity contribution >= 4 is 51.0 Å². The summed E-state index contributed by atoms with van der Waals surface area (Å²) in [7, 11) is 4.05. The summed E-state index contributed by atoms with van der Waals surface area (Å²) in [5, 5.41) is 41.4. The molecule has 4 aromatic carbocycles. The number of aromatic nitrogens is 2. The Labute approximate surface area is 262 Å². The van der Waals surface area contributed by atoms with E-state index in [0.29, 0.717) is 0 Å². The van der Waals surface area contributed by atoms with E-state index in [1.807, 2.05) is 56.6 Å². The van der Waals surface area contributed by atoms with Crippen LogP contribution in [0.5, 0.6) is 0 Å². The molecule has 10 nitrogen and oxygen atoms in total. The zero-order valence-electron chi connectivity index (χ0n) is 25.6. The fraction of sp³-hybridized carbons (Fsp3) is 0.176. The summed E-state index contributed by atoms with van der Waals surface area (Å²) in [6.45, 7) is 6.27. The molecule has 0 fully saturated rings. The molecule has 5 rings (SSSR count). The molecule has 1 aromatic heterocycles. The fourth-order valence-electron chi connectivity index (χ4n) is 4.64. The number of hydrogen-bond acceptors (Lipinski definition) is 9. The minimum atomic E-state index is -2.72. The van der Waals surface area contributed by atoms with E-state index in [4.69, 9.17) is 26.0 Å². The van der Waals surface area contributed by atoms with Crippen molar-refractivity contribution in [1.82, 2.24) is 4.98 Å². The van der Waals surface area contributed by atoms with Gasteiger partial charge < -0.3 is 9.80 Å². The second-order valence-corrected chi connectivity index (χ2v) is 10.3. The van der Waals surface area contributed by atoms with Gasteiger partial charge in [0.15, 0.2) is 0 Å². The van der Waals surface area contributed by atoms with E-state index in [1.54, 1.807) is 0 Å². The zero-order chi connectivity index (χ0) is 32.4. The first-order chi connectivity index (χ1) is 21.8. The standard InChI is InChI=1S/C30H31N6.C4BN4/c1-5-35(6-2)26-17-19-28-30(21-26)36(25-10-8-7-9-11-25)29-20-23(14-18-27(29)31-28)33-32-22-12-15-24(16-13-22)34(3)4;6-1-5(2-7,3-8)4-9/h7-21H,5-6H2,1-4H3;/q+1;-1. The Hall–Kier alpha value is -6.30. The molecule has 0 bridgehead atoms. The van der Waals surface area contributed by atoms with Crippen molar-refractivity contribution in [3.63, 3.8) is 0 Å². The quantitative estimate of drug-likeness (QED) is 0.0890. The molecular weight excluding hydrogens is 559 g/mol. The highest BCUT2D eigenvalue weighted by atomic mass is 15.1. The highest BCUT2D eigenvalue weighted by molar-refractivity contribution is 7.05. The summed E-state index contributed by atoms with van der Waals surface area (Å²) in [6, 6.07) is 31.1. The van der Waals surface area contributed by atoms with Gasteiger partial charge in [0.2, 0.25) is 16.7 Å². The van der Waals surface area contributed by atoms with Crippen molar-refractivity contribution in [2.45, 2.75) is 13.8 Å². The van der Waals surface area contributed by atoms with Crippen molar-refractivity contribution in [3.8, 4) is 29.6 Å². The van der Waals surface area contributed by atoms with E-state index in [-0.39, 0.29) is 0 Å². The topological polar surface area (TPSA) is 143 Å². The van der Waals surface area contributed by atoms with E-state index in [0.717, 1.165) is 57.9 Å². The van der Waals surface area contributed by atoms with Crippen molar-refractivity contribution in [3.05, 3.63) is 91.0 Å². The Morgan fingerprint density at radius 1 is 0.667 bits per heavy atom. The van der Waals surface area contributed by atoms with Gasteiger partial charge in [0.25, 0.3) is 0 Å². The van der Waals surface area contributed by atoms with Crippen molar-refractivity contribution < 1.29 is 4.57 Å². The number of rotatable bonds is 7. The minimum absolute atomic E-state index is 0.782. The number of nitriles is 4.